The quantitative estimate of drug-likeness (QED) is 0.771. The fourth-order valence-electron chi connectivity index (χ4n) is 0.900. The lowest BCUT2D eigenvalue weighted by Crippen LogP contribution is -1.98. The summed E-state index contributed by atoms with van der Waals surface area (Å²) in [6.45, 7) is -0.344. The van der Waals surface area contributed by atoms with Crippen molar-refractivity contribution in [2.75, 3.05) is 13.3 Å². The van der Waals surface area contributed by atoms with E-state index in [2.05, 4.69) is 31.9 Å². The summed E-state index contributed by atoms with van der Waals surface area (Å²) < 4.78 is 18.0. The van der Waals surface area contributed by atoms with Crippen molar-refractivity contribution in [1.82, 2.24) is 0 Å². The normalized spacial score (nSPS) is 10.1. The molecule has 13 heavy (non-hydrogen) atoms. The van der Waals surface area contributed by atoms with Gasteiger partial charge in [-0.3, -0.25) is 0 Å². The first kappa shape index (κ1) is 11.0. The molecule has 0 N–H and O–H groups in total. The predicted molar refractivity (Wildman–Crippen MR) is 58.2 cm³/mol. The molecular formula is C9H9Br2FO. The van der Waals surface area contributed by atoms with Crippen LogP contribution in [0, 0.1) is 0 Å². The average Bonchev–Trinajstić information content (AvgIpc) is 2.16. The van der Waals surface area contributed by atoms with Gasteiger partial charge in [0.15, 0.2) is 0 Å². The molecule has 1 aromatic rings. The van der Waals surface area contributed by atoms with Crippen LogP contribution < -0.4 is 4.74 Å². The Labute approximate surface area is 93.5 Å². The first-order chi connectivity index (χ1) is 6.27. The molecule has 4 heteroatoms. The molecule has 0 atom stereocenters. The summed E-state index contributed by atoms with van der Waals surface area (Å²) in [5.74, 6) is 0.704. The van der Waals surface area contributed by atoms with E-state index < -0.39 is 6.67 Å². The highest BCUT2D eigenvalue weighted by atomic mass is 79.9. The minimum absolute atomic E-state index is 0.114. The Morgan fingerprint density at radius 3 is 2.77 bits per heavy atom. The van der Waals surface area contributed by atoms with Crippen molar-refractivity contribution in [3.05, 3.63) is 28.2 Å². The lowest BCUT2D eigenvalue weighted by atomic mass is 10.2. The van der Waals surface area contributed by atoms with Crippen LogP contribution in [0.15, 0.2) is 22.7 Å². The number of ether oxygens (including phenoxy) is 1. The largest absolute Gasteiger partial charge is 0.491 e. The maximum Gasteiger partial charge on any atom is 0.123 e. The van der Waals surface area contributed by atoms with Crippen molar-refractivity contribution in [2.24, 2.45) is 0 Å². The summed E-state index contributed by atoms with van der Waals surface area (Å²) in [6, 6.07) is 5.59. The summed E-state index contributed by atoms with van der Waals surface area (Å²) in [5, 5.41) is 0.750. The van der Waals surface area contributed by atoms with Crippen molar-refractivity contribution in [3.8, 4) is 5.75 Å². The second kappa shape index (κ2) is 5.60. The Morgan fingerprint density at radius 2 is 2.15 bits per heavy atom. The van der Waals surface area contributed by atoms with E-state index in [4.69, 9.17) is 4.74 Å². The van der Waals surface area contributed by atoms with Gasteiger partial charge in [-0.15, -0.1) is 0 Å². The molecule has 0 saturated heterocycles. The zero-order valence-corrected chi connectivity index (χ0v) is 10.1. The molecule has 1 aromatic carbocycles. The van der Waals surface area contributed by atoms with Crippen LogP contribution in [0.4, 0.5) is 4.39 Å². The second-order valence-electron chi connectivity index (χ2n) is 2.42. The van der Waals surface area contributed by atoms with Gasteiger partial charge >= 0.3 is 0 Å². The highest BCUT2D eigenvalue weighted by molar-refractivity contribution is 9.10. The van der Waals surface area contributed by atoms with Gasteiger partial charge in [-0.05, 0) is 23.8 Å². The van der Waals surface area contributed by atoms with Crippen LogP contribution in [0.2, 0.25) is 0 Å². The van der Waals surface area contributed by atoms with Crippen molar-refractivity contribution in [2.45, 2.75) is 5.33 Å². The van der Waals surface area contributed by atoms with Gasteiger partial charge < -0.3 is 4.74 Å². The van der Waals surface area contributed by atoms with Crippen molar-refractivity contribution < 1.29 is 9.13 Å². The Morgan fingerprint density at radius 1 is 1.38 bits per heavy atom. The molecule has 0 saturated carbocycles. The van der Waals surface area contributed by atoms with Crippen molar-refractivity contribution in [3.63, 3.8) is 0 Å². The monoisotopic (exact) mass is 310 g/mol. The molecular weight excluding hydrogens is 303 g/mol. The number of alkyl halides is 2. The third-order valence-electron chi connectivity index (χ3n) is 1.51. The summed E-state index contributed by atoms with van der Waals surface area (Å²) in [6.07, 6.45) is 0. The smallest absolute Gasteiger partial charge is 0.123 e. The third-order valence-corrected chi connectivity index (χ3v) is 2.88. The van der Waals surface area contributed by atoms with Crippen LogP contribution >= 0.6 is 31.9 Å². The van der Waals surface area contributed by atoms with E-state index in [1.165, 1.54) is 0 Å². The van der Waals surface area contributed by atoms with Crippen LogP contribution in [-0.4, -0.2) is 13.3 Å². The molecule has 72 valence electrons. The van der Waals surface area contributed by atoms with Gasteiger partial charge in [0.1, 0.15) is 19.0 Å². The summed E-state index contributed by atoms with van der Waals surface area (Å²) in [5.41, 5.74) is 1.09. The first-order valence-corrected chi connectivity index (χ1v) is 5.72. The molecule has 1 rings (SSSR count). The zero-order valence-electron chi connectivity index (χ0n) is 6.90. The maximum absolute atomic E-state index is 11.8. The van der Waals surface area contributed by atoms with E-state index in [0.717, 1.165) is 15.4 Å². The summed E-state index contributed by atoms with van der Waals surface area (Å²) in [7, 11) is 0. The van der Waals surface area contributed by atoms with Gasteiger partial charge in [0, 0.05) is 9.80 Å². The number of hydrogen-bond acceptors (Lipinski definition) is 1. The van der Waals surface area contributed by atoms with Crippen molar-refractivity contribution in [1.29, 1.82) is 0 Å². The fourth-order valence-corrected chi connectivity index (χ4v) is 2.13. The van der Waals surface area contributed by atoms with Crippen LogP contribution in [0.5, 0.6) is 5.75 Å². The Balaban J connectivity index is 2.74. The van der Waals surface area contributed by atoms with E-state index in [1.54, 1.807) is 0 Å². The number of halogens is 3. The average molecular weight is 312 g/mol. The highest BCUT2D eigenvalue weighted by Crippen LogP contribution is 2.24. The topological polar surface area (TPSA) is 9.23 Å². The number of hydrogen-bond donors (Lipinski definition) is 0. The first-order valence-electron chi connectivity index (χ1n) is 3.81. The van der Waals surface area contributed by atoms with Gasteiger partial charge in [0.2, 0.25) is 0 Å². The van der Waals surface area contributed by atoms with Gasteiger partial charge in [-0.25, -0.2) is 4.39 Å². The molecule has 0 aliphatic rings. The van der Waals surface area contributed by atoms with Crippen LogP contribution in [0.1, 0.15) is 5.56 Å². The zero-order chi connectivity index (χ0) is 9.68. The van der Waals surface area contributed by atoms with Gasteiger partial charge in [-0.2, -0.15) is 0 Å². The minimum atomic E-state index is -0.459. The van der Waals surface area contributed by atoms with E-state index in [1.807, 2.05) is 18.2 Å². The lowest BCUT2D eigenvalue weighted by molar-refractivity contribution is 0.273. The Kier molecular flexibility index (Phi) is 4.73. The van der Waals surface area contributed by atoms with Crippen LogP contribution in [0.3, 0.4) is 0 Å². The maximum atomic E-state index is 11.8. The van der Waals surface area contributed by atoms with E-state index in [-0.39, 0.29) is 6.61 Å². The van der Waals surface area contributed by atoms with Gasteiger partial charge in [-0.1, -0.05) is 31.9 Å². The number of benzene rings is 1. The molecule has 0 spiro atoms. The lowest BCUT2D eigenvalue weighted by Gasteiger charge is -2.06. The van der Waals surface area contributed by atoms with Crippen LogP contribution in [-0.2, 0) is 5.33 Å². The molecule has 0 fully saturated rings. The highest BCUT2D eigenvalue weighted by Gasteiger charge is 2.00. The molecule has 0 amide bonds. The SMILES string of the molecule is FCCOc1ccc(Br)c(CBr)c1. The molecule has 0 aliphatic carbocycles. The molecule has 0 bridgehead atoms. The third kappa shape index (κ3) is 3.27. The fraction of sp³-hybridized carbons (Fsp3) is 0.333. The Hall–Kier alpha value is -0.0900. The minimum Gasteiger partial charge on any atom is -0.491 e. The molecule has 0 aromatic heterocycles. The second-order valence-corrected chi connectivity index (χ2v) is 3.84. The Bertz CT molecular complexity index is 278. The summed E-state index contributed by atoms with van der Waals surface area (Å²) >= 11 is 6.75. The van der Waals surface area contributed by atoms with Gasteiger partial charge in [0.25, 0.3) is 0 Å². The molecule has 0 aliphatic heterocycles. The van der Waals surface area contributed by atoms with E-state index in [0.29, 0.717) is 5.75 Å². The molecule has 1 nitrogen and oxygen atoms in total. The van der Waals surface area contributed by atoms with Crippen LogP contribution in [0.25, 0.3) is 0 Å². The predicted octanol–water partition coefficient (Wildman–Crippen LogP) is 3.69. The molecule has 0 radical (unpaired) electrons. The molecule has 0 heterocycles. The summed E-state index contributed by atoms with van der Waals surface area (Å²) in [4.78, 5) is 0. The van der Waals surface area contributed by atoms with E-state index >= 15 is 0 Å². The van der Waals surface area contributed by atoms with E-state index in [9.17, 15) is 4.39 Å². The molecule has 0 unspecified atom stereocenters. The standard InChI is InChI=1S/C9H9Br2FO/c10-6-7-5-8(13-4-3-12)1-2-9(7)11/h1-2,5H,3-4,6H2. The number of rotatable bonds is 4. The van der Waals surface area contributed by atoms with Gasteiger partial charge in [0.05, 0.1) is 0 Å². The van der Waals surface area contributed by atoms with Crippen molar-refractivity contribution >= 4 is 31.9 Å².